The van der Waals surface area contributed by atoms with Gasteiger partial charge in [0.2, 0.25) is 5.24 Å². The summed E-state index contributed by atoms with van der Waals surface area (Å²) in [6.45, 7) is 2.92. The number of carbonyl (C=O) groups excluding carboxylic acids is 1. The molecule has 0 aromatic carbocycles. The first-order chi connectivity index (χ1) is 9.13. The number of aryl methyl sites for hydroxylation is 2. The summed E-state index contributed by atoms with van der Waals surface area (Å²) in [5, 5.41) is -0.375. The number of unbranched alkanes of at least 4 members (excludes halogenated alkanes) is 1. The summed E-state index contributed by atoms with van der Waals surface area (Å²) in [5.74, 6) is 0. The number of hydrogen-bond donors (Lipinski definition) is 0. The van der Waals surface area contributed by atoms with Crippen LogP contribution in [0.5, 0.6) is 0 Å². The van der Waals surface area contributed by atoms with Crippen molar-refractivity contribution in [1.29, 1.82) is 0 Å². The third kappa shape index (κ3) is 3.27. The zero-order chi connectivity index (χ0) is 13.8. The highest BCUT2D eigenvalue weighted by Gasteiger charge is 2.18. The van der Waals surface area contributed by atoms with Gasteiger partial charge in [-0.05, 0) is 55.3 Å². The van der Waals surface area contributed by atoms with Gasteiger partial charge in [-0.2, -0.15) is 0 Å². The van der Waals surface area contributed by atoms with Gasteiger partial charge in [-0.3, -0.25) is 9.59 Å². The van der Waals surface area contributed by atoms with E-state index in [0.29, 0.717) is 6.42 Å². The molecule has 1 aromatic rings. The van der Waals surface area contributed by atoms with Crippen molar-refractivity contribution in [2.24, 2.45) is 0 Å². The van der Waals surface area contributed by atoms with Crippen molar-refractivity contribution in [2.45, 2.75) is 58.4 Å². The number of nitrogens with zero attached hydrogens (tertiary/aromatic N) is 1. The SMILES string of the molecule is CCCCn1c2c(cc(CCC(=O)Cl)c1=O)CCC2. The molecule has 0 saturated heterocycles. The molecule has 0 fully saturated rings. The van der Waals surface area contributed by atoms with E-state index in [-0.39, 0.29) is 17.2 Å². The average Bonchev–Trinajstić information content (AvgIpc) is 2.83. The fraction of sp³-hybridized carbons (Fsp3) is 0.600. The molecule has 19 heavy (non-hydrogen) atoms. The number of pyridine rings is 1. The van der Waals surface area contributed by atoms with Crippen LogP contribution in [0.4, 0.5) is 0 Å². The Hall–Kier alpha value is -1.09. The summed E-state index contributed by atoms with van der Waals surface area (Å²) < 4.78 is 1.93. The van der Waals surface area contributed by atoms with Crippen molar-refractivity contribution < 1.29 is 4.79 Å². The van der Waals surface area contributed by atoms with Crippen LogP contribution in [-0.2, 0) is 30.6 Å². The van der Waals surface area contributed by atoms with Gasteiger partial charge < -0.3 is 4.57 Å². The van der Waals surface area contributed by atoms with Crippen LogP contribution in [-0.4, -0.2) is 9.81 Å². The average molecular weight is 282 g/mol. The van der Waals surface area contributed by atoms with Crippen molar-refractivity contribution in [3.05, 3.63) is 33.2 Å². The zero-order valence-electron chi connectivity index (χ0n) is 11.4. The summed E-state index contributed by atoms with van der Waals surface area (Å²) in [6.07, 6.45) is 5.96. The summed E-state index contributed by atoms with van der Waals surface area (Å²) in [5.41, 5.74) is 3.31. The Morgan fingerprint density at radius 1 is 1.42 bits per heavy atom. The number of hydrogen-bond acceptors (Lipinski definition) is 2. The molecule has 0 unspecified atom stereocenters. The maximum Gasteiger partial charge on any atom is 0.253 e. The van der Waals surface area contributed by atoms with Crippen molar-refractivity contribution >= 4 is 16.8 Å². The molecule has 1 aliphatic rings. The van der Waals surface area contributed by atoms with Gasteiger partial charge in [0.05, 0.1) is 0 Å². The summed E-state index contributed by atoms with van der Waals surface area (Å²) in [7, 11) is 0. The number of carbonyl (C=O) groups is 1. The van der Waals surface area contributed by atoms with Crippen LogP contribution in [0.1, 0.15) is 49.4 Å². The maximum atomic E-state index is 12.5. The monoisotopic (exact) mass is 281 g/mol. The second kappa shape index (κ2) is 6.38. The van der Waals surface area contributed by atoms with Gasteiger partial charge in [-0.1, -0.05) is 13.3 Å². The third-order valence-electron chi connectivity index (χ3n) is 3.75. The Bertz CT molecular complexity index is 534. The molecule has 4 heteroatoms. The smallest absolute Gasteiger partial charge is 0.253 e. The van der Waals surface area contributed by atoms with Crippen molar-refractivity contribution in [1.82, 2.24) is 4.57 Å². The fourth-order valence-electron chi connectivity index (χ4n) is 2.75. The predicted octanol–water partition coefficient (Wildman–Crippen LogP) is 2.84. The lowest BCUT2D eigenvalue weighted by Crippen LogP contribution is -2.27. The Morgan fingerprint density at radius 3 is 2.89 bits per heavy atom. The number of fused-ring (bicyclic) bond motifs is 1. The molecule has 0 N–H and O–H groups in total. The fourth-order valence-corrected chi connectivity index (χ4v) is 2.84. The summed E-state index contributed by atoms with van der Waals surface area (Å²) in [6, 6.07) is 1.99. The van der Waals surface area contributed by atoms with E-state index in [1.54, 1.807) is 0 Å². The largest absolute Gasteiger partial charge is 0.312 e. The van der Waals surface area contributed by atoms with Crippen LogP contribution in [0.3, 0.4) is 0 Å². The molecular weight excluding hydrogens is 262 g/mol. The Kier molecular flexibility index (Phi) is 4.81. The van der Waals surface area contributed by atoms with Crippen LogP contribution in [0, 0.1) is 0 Å². The molecule has 1 heterocycles. The lowest BCUT2D eigenvalue weighted by Gasteiger charge is -2.14. The summed E-state index contributed by atoms with van der Waals surface area (Å²) in [4.78, 5) is 23.3. The van der Waals surface area contributed by atoms with Crippen LogP contribution in [0.2, 0.25) is 0 Å². The molecule has 1 aliphatic carbocycles. The van der Waals surface area contributed by atoms with E-state index in [2.05, 4.69) is 6.92 Å². The highest BCUT2D eigenvalue weighted by Crippen LogP contribution is 2.22. The molecule has 0 spiro atoms. The van der Waals surface area contributed by atoms with E-state index in [4.69, 9.17) is 11.6 Å². The second-order valence-corrected chi connectivity index (χ2v) is 5.58. The van der Waals surface area contributed by atoms with E-state index in [1.807, 2.05) is 10.6 Å². The maximum absolute atomic E-state index is 12.5. The highest BCUT2D eigenvalue weighted by molar-refractivity contribution is 6.63. The normalized spacial score (nSPS) is 13.6. The van der Waals surface area contributed by atoms with Crippen LogP contribution in [0.15, 0.2) is 10.9 Å². The first kappa shape index (κ1) is 14.3. The van der Waals surface area contributed by atoms with E-state index in [9.17, 15) is 9.59 Å². The van der Waals surface area contributed by atoms with Gasteiger partial charge in [0.15, 0.2) is 0 Å². The van der Waals surface area contributed by atoms with Crippen LogP contribution >= 0.6 is 11.6 Å². The van der Waals surface area contributed by atoms with Gasteiger partial charge in [0.25, 0.3) is 5.56 Å². The van der Waals surface area contributed by atoms with Gasteiger partial charge in [0, 0.05) is 24.2 Å². The minimum absolute atomic E-state index is 0.0759. The molecule has 0 aliphatic heterocycles. The van der Waals surface area contributed by atoms with Crippen LogP contribution in [0.25, 0.3) is 0 Å². The van der Waals surface area contributed by atoms with Crippen molar-refractivity contribution in [3.63, 3.8) is 0 Å². The first-order valence-corrected chi connectivity index (χ1v) is 7.44. The molecule has 1 aromatic heterocycles. The van der Waals surface area contributed by atoms with Gasteiger partial charge in [-0.15, -0.1) is 0 Å². The van der Waals surface area contributed by atoms with Gasteiger partial charge in [-0.25, -0.2) is 0 Å². The Balaban J connectivity index is 2.34. The number of aromatic nitrogens is 1. The molecule has 0 atom stereocenters. The standard InChI is InChI=1S/C15H20ClNO2/c1-2-3-9-17-13-6-4-5-11(13)10-12(15(17)19)7-8-14(16)18/h10H,2-9H2,1H3. The van der Waals surface area contributed by atoms with E-state index >= 15 is 0 Å². The van der Waals surface area contributed by atoms with E-state index in [0.717, 1.165) is 44.2 Å². The minimum atomic E-state index is -0.375. The molecule has 104 valence electrons. The lowest BCUT2D eigenvalue weighted by atomic mass is 10.1. The zero-order valence-corrected chi connectivity index (χ0v) is 12.1. The molecule has 3 nitrogen and oxygen atoms in total. The predicted molar refractivity (Wildman–Crippen MR) is 76.8 cm³/mol. The number of halogens is 1. The minimum Gasteiger partial charge on any atom is -0.312 e. The van der Waals surface area contributed by atoms with Gasteiger partial charge >= 0.3 is 0 Å². The molecule has 0 radical (unpaired) electrons. The summed E-state index contributed by atoms with van der Waals surface area (Å²) >= 11 is 5.37. The van der Waals surface area contributed by atoms with E-state index in [1.165, 1.54) is 11.3 Å². The molecule has 0 saturated carbocycles. The first-order valence-electron chi connectivity index (χ1n) is 7.06. The molecular formula is C15H20ClNO2. The van der Waals surface area contributed by atoms with Gasteiger partial charge in [0.1, 0.15) is 0 Å². The Labute approximate surface area is 118 Å². The van der Waals surface area contributed by atoms with Crippen LogP contribution < -0.4 is 5.56 Å². The van der Waals surface area contributed by atoms with Crippen molar-refractivity contribution in [2.75, 3.05) is 0 Å². The lowest BCUT2D eigenvalue weighted by molar-refractivity contribution is -0.111. The quantitative estimate of drug-likeness (QED) is 0.752. The molecule has 0 amide bonds. The molecule has 0 bridgehead atoms. The number of rotatable bonds is 6. The molecule has 2 rings (SSSR count). The topological polar surface area (TPSA) is 39.1 Å². The third-order valence-corrected chi connectivity index (χ3v) is 3.94. The highest BCUT2D eigenvalue weighted by atomic mass is 35.5. The van der Waals surface area contributed by atoms with Crippen molar-refractivity contribution in [3.8, 4) is 0 Å². The second-order valence-electron chi connectivity index (χ2n) is 5.16. The van der Waals surface area contributed by atoms with E-state index < -0.39 is 0 Å². The Morgan fingerprint density at radius 2 is 2.21 bits per heavy atom.